The summed E-state index contributed by atoms with van der Waals surface area (Å²) in [6.07, 6.45) is 6.04. The lowest BCUT2D eigenvalue weighted by molar-refractivity contribution is -0.132. The summed E-state index contributed by atoms with van der Waals surface area (Å²) in [7, 11) is 0. The smallest absolute Gasteiger partial charge is 0.222 e. The van der Waals surface area contributed by atoms with E-state index in [1.54, 1.807) is 6.20 Å². The van der Waals surface area contributed by atoms with Crippen LogP contribution in [0.25, 0.3) is 11.3 Å². The topological polar surface area (TPSA) is 58.4 Å². The average molecular weight is 428 g/mol. The van der Waals surface area contributed by atoms with Crippen LogP contribution in [-0.2, 0) is 11.2 Å². The lowest BCUT2D eigenvalue weighted by Crippen LogP contribution is -2.40. The number of halogens is 2. The van der Waals surface area contributed by atoms with Crippen molar-refractivity contribution in [2.45, 2.75) is 39.0 Å². The molecule has 5 nitrogen and oxygen atoms in total. The zero-order valence-corrected chi connectivity index (χ0v) is 18.1. The molecular formula is C21H31Cl2N3O2. The van der Waals surface area contributed by atoms with Gasteiger partial charge in [0.1, 0.15) is 0 Å². The predicted molar refractivity (Wildman–Crippen MR) is 117 cm³/mol. The number of nitrogens with zero attached hydrogens (tertiary/aromatic N) is 2. The summed E-state index contributed by atoms with van der Waals surface area (Å²) in [5.41, 5.74) is 1.03. The number of hydrogen-bond acceptors (Lipinski definition) is 4. The summed E-state index contributed by atoms with van der Waals surface area (Å²) in [6.45, 7) is 6.02. The largest absolute Gasteiger partial charge is 0.441 e. The summed E-state index contributed by atoms with van der Waals surface area (Å²) in [6, 6.07) is 9.96. The highest BCUT2D eigenvalue weighted by atomic mass is 35.5. The minimum atomic E-state index is 0. The van der Waals surface area contributed by atoms with Crippen LogP contribution in [0, 0.1) is 5.92 Å². The average Bonchev–Trinajstić information content (AvgIpc) is 3.16. The molecule has 1 amide bonds. The van der Waals surface area contributed by atoms with Crippen molar-refractivity contribution in [3.8, 4) is 11.3 Å². The summed E-state index contributed by atoms with van der Waals surface area (Å²) >= 11 is 0. The number of hydrogen-bond donors (Lipinski definition) is 1. The van der Waals surface area contributed by atoms with E-state index in [2.05, 4.69) is 17.2 Å². The molecule has 1 N–H and O–H groups in total. The molecule has 1 aromatic carbocycles. The Kier molecular flexibility index (Phi) is 11.2. The fourth-order valence-corrected chi connectivity index (χ4v) is 3.45. The van der Waals surface area contributed by atoms with Crippen molar-refractivity contribution in [2.75, 3.05) is 26.2 Å². The number of carbonyl (C=O) groups is 1. The molecular weight excluding hydrogens is 397 g/mol. The number of aryl methyl sites for hydroxylation is 1. The summed E-state index contributed by atoms with van der Waals surface area (Å²) < 4.78 is 5.81. The van der Waals surface area contributed by atoms with E-state index in [1.807, 2.05) is 35.2 Å². The van der Waals surface area contributed by atoms with Crippen molar-refractivity contribution in [1.29, 1.82) is 0 Å². The van der Waals surface area contributed by atoms with Gasteiger partial charge in [0, 0.05) is 31.5 Å². The van der Waals surface area contributed by atoms with Gasteiger partial charge in [0.2, 0.25) is 5.91 Å². The van der Waals surface area contributed by atoms with E-state index in [1.165, 1.54) is 0 Å². The Hall–Kier alpha value is -1.56. The van der Waals surface area contributed by atoms with Crippen LogP contribution in [0.15, 0.2) is 40.9 Å². The van der Waals surface area contributed by atoms with Crippen molar-refractivity contribution in [1.82, 2.24) is 15.2 Å². The molecule has 0 spiro atoms. The van der Waals surface area contributed by atoms with Crippen molar-refractivity contribution < 1.29 is 9.21 Å². The SMILES string of the molecule is CCNCC1CCN(C(=O)CCCc2ncc(-c3ccccc3)o2)CC1.Cl.Cl. The van der Waals surface area contributed by atoms with Crippen LogP contribution >= 0.6 is 24.8 Å². The van der Waals surface area contributed by atoms with Crippen LogP contribution in [0.5, 0.6) is 0 Å². The second kappa shape index (κ2) is 12.8. The van der Waals surface area contributed by atoms with Gasteiger partial charge < -0.3 is 14.6 Å². The molecule has 0 unspecified atom stereocenters. The number of nitrogens with one attached hydrogen (secondary N) is 1. The molecule has 1 aromatic heterocycles. The van der Waals surface area contributed by atoms with E-state index in [0.717, 1.165) is 56.8 Å². The highest BCUT2D eigenvalue weighted by Gasteiger charge is 2.22. The Morgan fingerprint density at radius 3 is 2.61 bits per heavy atom. The fourth-order valence-electron chi connectivity index (χ4n) is 3.45. The number of amides is 1. The van der Waals surface area contributed by atoms with E-state index in [-0.39, 0.29) is 30.7 Å². The first-order chi connectivity index (χ1) is 12.8. The molecule has 1 fully saturated rings. The van der Waals surface area contributed by atoms with Crippen molar-refractivity contribution in [3.05, 3.63) is 42.4 Å². The Morgan fingerprint density at radius 2 is 1.93 bits per heavy atom. The summed E-state index contributed by atoms with van der Waals surface area (Å²) in [5, 5.41) is 3.41. The molecule has 2 aromatic rings. The van der Waals surface area contributed by atoms with Gasteiger partial charge in [-0.1, -0.05) is 37.3 Å². The monoisotopic (exact) mass is 427 g/mol. The number of oxazole rings is 1. The maximum atomic E-state index is 12.4. The first-order valence-corrected chi connectivity index (χ1v) is 9.75. The molecule has 7 heteroatoms. The number of benzene rings is 1. The van der Waals surface area contributed by atoms with Crippen LogP contribution in [0.1, 0.15) is 38.5 Å². The third-order valence-corrected chi connectivity index (χ3v) is 5.04. The molecule has 0 saturated carbocycles. The summed E-state index contributed by atoms with van der Waals surface area (Å²) in [4.78, 5) is 18.8. The normalized spacial score (nSPS) is 14.2. The molecule has 1 aliphatic rings. The van der Waals surface area contributed by atoms with Crippen molar-refractivity contribution in [3.63, 3.8) is 0 Å². The van der Waals surface area contributed by atoms with Gasteiger partial charge in [-0.25, -0.2) is 4.98 Å². The maximum absolute atomic E-state index is 12.4. The van der Waals surface area contributed by atoms with Gasteiger partial charge in [-0.2, -0.15) is 0 Å². The first-order valence-electron chi connectivity index (χ1n) is 9.75. The highest BCUT2D eigenvalue weighted by molar-refractivity contribution is 5.85. The molecule has 0 bridgehead atoms. The Bertz CT molecular complexity index is 686. The lowest BCUT2D eigenvalue weighted by Gasteiger charge is -2.32. The van der Waals surface area contributed by atoms with Crippen molar-refractivity contribution in [2.24, 2.45) is 5.92 Å². The van der Waals surface area contributed by atoms with E-state index < -0.39 is 0 Å². The third-order valence-electron chi connectivity index (χ3n) is 5.04. The number of carbonyl (C=O) groups excluding carboxylic acids is 1. The number of piperidine rings is 1. The van der Waals surface area contributed by atoms with E-state index >= 15 is 0 Å². The Balaban J connectivity index is 0.00000196. The van der Waals surface area contributed by atoms with Gasteiger partial charge in [-0.3, -0.25) is 4.79 Å². The molecule has 3 rings (SSSR count). The van der Waals surface area contributed by atoms with Gasteiger partial charge in [0.15, 0.2) is 11.7 Å². The Morgan fingerprint density at radius 1 is 1.21 bits per heavy atom. The predicted octanol–water partition coefficient (Wildman–Crippen LogP) is 4.36. The van der Waals surface area contributed by atoms with Crippen LogP contribution < -0.4 is 5.32 Å². The minimum absolute atomic E-state index is 0. The first kappa shape index (κ1) is 24.5. The minimum Gasteiger partial charge on any atom is -0.441 e. The zero-order valence-electron chi connectivity index (χ0n) is 16.4. The van der Waals surface area contributed by atoms with Crippen LogP contribution in [-0.4, -0.2) is 42.0 Å². The van der Waals surface area contributed by atoms with E-state index in [9.17, 15) is 4.79 Å². The highest BCUT2D eigenvalue weighted by Crippen LogP contribution is 2.21. The lowest BCUT2D eigenvalue weighted by atomic mass is 9.96. The second-order valence-electron chi connectivity index (χ2n) is 6.97. The second-order valence-corrected chi connectivity index (χ2v) is 6.97. The van der Waals surface area contributed by atoms with E-state index in [0.29, 0.717) is 24.7 Å². The van der Waals surface area contributed by atoms with Gasteiger partial charge >= 0.3 is 0 Å². The van der Waals surface area contributed by atoms with Crippen molar-refractivity contribution >= 4 is 30.7 Å². The molecule has 156 valence electrons. The van der Waals surface area contributed by atoms with E-state index in [4.69, 9.17) is 4.42 Å². The molecule has 28 heavy (non-hydrogen) atoms. The zero-order chi connectivity index (χ0) is 18.2. The molecule has 0 radical (unpaired) electrons. The maximum Gasteiger partial charge on any atom is 0.222 e. The number of rotatable bonds is 8. The van der Waals surface area contributed by atoms with Crippen LogP contribution in [0.2, 0.25) is 0 Å². The fraction of sp³-hybridized carbons (Fsp3) is 0.524. The standard InChI is InChI=1S/C21H29N3O2.2ClH/c1-2-22-15-17-11-13-24(14-12-17)21(25)10-6-9-20-23-16-19(26-20)18-7-4-3-5-8-18;;/h3-5,7-8,16-17,22H,2,6,9-15H2,1H3;2*1H. The molecule has 0 aliphatic carbocycles. The Labute approximate surface area is 180 Å². The third kappa shape index (κ3) is 7.12. The van der Waals surface area contributed by atoms with Gasteiger partial charge in [-0.15, -0.1) is 24.8 Å². The quantitative estimate of drug-likeness (QED) is 0.679. The van der Waals surface area contributed by atoms with Crippen LogP contribution in [0.3, 0.4) is 0 Å². The van der Waals surface area contributed by atoms with Crippen LogP contribution in [0.4, 0.5) is 0 Å². The molecule has 1 aliphatic heterocycles. The number of likely N-dealkylation sites (tertiary alicyclic amines) is 1. The number of aromatic nitrogens is 1. The van der Waals surface area contributed by atoms with Gasteiger partial charge in [-0.05, 0) is 38.3 Å². The summed E-state index contributed by atoms with van der Waals surface area (Å²) in [5.74, 6) is 2.47. The molecule has 2 heterocycles. The van der Waals surface area contributed by atoms with Gasteiger partial charge in [0.25, 0.3) is 0 Å². The molecule has 0 atom stereocenters. The van der Waals surface area contributed by atoms with Gasteiger partial charge in [0.05, 0.1) is 6.20 Å². The molecule has 1 saturated heterocycles.